The summed E-state index contributed by atoms with van der Waals surface area (Å²) in [5, 5.41) is 1.60. The van der Waals surface area contributed by atoms with Crippen LogP contribution in [-0.2, 0) is 0 Å². The lowest BCUT2D eigenvalue weighted by Gasteiger charge is -2.36. The number of carbonyl (C=O) groups excluding carboxylic acids is 1. The largest absolute Gasteiger partial charge is 0.497 e. The van der Waals surface area contributed by atoms with Gasteiger partial charge in [0, 0.05) is 47.8 Å². The molecule has 0 radical (unpaired) electrons. The summed E-state index contributed by atoms with van der Waals surface area (Å²) in [6.45, 7) is 2.87. The number of nitrogens with zero attached hydrogens (tertiary/aromatic N) is 3. The van der Waals surface area contributed by atoms with Crippen molar-refractivity contribution in [1.29, 1.82) is 0 Å². The summed E-state index contributed by atoms with van der Waals surface area (Å²) in [5.74, 6) is 0.794. The maximum absolute atomic E-state index is 13.6. The molecule has 0 atom stereocenters. The van der Waals surface area contributed by atoms with Gasteiger partial charge in [-0.05, 0) is 48.5 Å². The number of carbonyl (C=O) groups is 1. The van der Waals surface area contributed by atoms with E-state index < -0.39 is 0 Å². The molecule has 2 heterocycles. The number of amides is 1. The van der Waals surface area contributed by atoms with Gasteiger partial charge in [-0.25, -0.2) is 4.98 Å². The molecule has 33 heavy (non-hydrogen) atoms. The lowest BCUT2D eigenvalue weighted by molar-refractivity contribution is 0.0748. The monoisotopic (exact) mass is 457 g/mol. The van der Waals surface area contributed by atoms with Crippen molar-refractivity contribution < 1.29 is 9.53 Å². The second kappa shape index (κ2) is 9.12. The fraction of sp³-hybridized carbons (Fsp3) is 0.185. The maximum atomic E-state index is 13.6. The lowest BCUT2D eigenvalue weighted by Crippen LogP contribution is -2.48. The maximum Gasteiger partial charge on any atom is 0.254 e. The van der Waals surface area contributed by atoms with Crippen LogP contribution in [0.3, 0.4) is 0 Å². The van der Waals surface area contributed by atoms with Crippen LogP contribution in [0, 0.1) is 0 Å². The van der Waals surface area contributed by atoms with Crippen LogP contribution in [0.5, 0.6) is 5.75 Å². The molecule has 0 bridgehead atoms. The number of aromatic nitrogens is 1. The number of piperazine rings is 1. The van der Waals surface area contributed by atoms with Crippen molar-refractivity contribution in [3.63, 3.8) is 0 Å². The van der Waals surface area contributed by atoms with Gasteiger partial charge in [-0.1, -0.05) is 41.9 Å². The minimum atomic E-state index is 0.0357. The van der Waals surface area contributed by atoms with Gasteiger partial charge in [0.2, 0.25) is 0 Å². The van der Waals surface area contributed by atoms with Gasteiger partial charge in [-0.15, -0.1) is 0 Å². The molecule has 1 aliphatic heterocycles. The predicted molar refractivity (Wildman–Crippen MR) is 133 cm³/mol. The predicted octanol–water partition coefficient (Wildman–Crippen LogP) is 5.53. The first kappa shape index (κ1) is 21.3. The molecule has 5 nitrogen and oxygen atoms in total. The third kappa shape index (κ3) is 4.37. The molecule has 6 heteroatoms. The van der Waals surface area contributed by atoms with E-state index in [0.29, 0.717) is 18.7 Å². The molecule has 0 unspecified atom stereocenters. The van der Waals surface area contributed by atoms with Crippen LogP contribution < -0.4 is 9.64 Å². The molecule has 1 amide bonds. The molecule has 0 N–H and O–H groups in total. The van der Waals surface area contributed by atoms with Crippen LogP contribution in [0.1, 0.15) is 10.4 Å². The van der Waals surface area contributed by atoms with Crippen LogP contribution in [0.25, 0.3) is 22.2 Å². The van der Waals surface area contributed by atoms with Crippen molar-refractivity contribution in [3.05, 3.63) is 89.4 Å². The van der Waals surface area contributed by atoms with Gasteiger partial charge >= 0.3 is 0 Å². The third-order valence-corrected chi connectivity index (χ3v) is 6.32. The van der Waals surface area contributed by atoms with E-state index in [9.17, 15) is 4.79 Å². The SMILES string of the molecule is COc1cccc(-c2cc(C(=O)N3CCN(c4ccc(Cl)cc4)CC3)c3ccccc3n2)c1. The standard InChI is InChI=1S/C27H24ClN3O2/c1-33-22-6-4-5-19(17-22)26-18-24(23-7-2-3-8-25(23)29-26)27(32)31-15-13-30(14-16-31)21-11-9-20(28)10-12-21/h2-12,17-18H,13-16H2,1H3. The van der Waals surface area contributed by atoms with Crippen LogP contribution in [0.15, 0.2) is 78.9 Å². The van der Waals surface area contributed by atoms with Crippen molar-refractivity contribution in [2.75, 3.05) is 38.2 Å². The molecule has 0 saturated carbocycles. The zero-order valence-corrected chi connectivity index (χ0v) is 19.1. The summed E-state index contributed by atoms with van der Waals surface area (Å²) in [7, 11) is 1.64. The van der Waals surface area contributed by atoms with Crippen LogP contribution >= 0.6 is 11.6 Å². The van der Waals surface area contributed by atoms with Gasteiger partial charge in [0.05, 0.1) is 23.9 Å². The third-order valence-electron chi connectivity index (χ3n) is 6.07. The molecule has 1 aliphatic rings. The van der Waals surface area contributed by atoms with E-state index in [4.69, 9.17) is 21.3 Å². The first-order valence-corrected chi connectivity index (χ1v) is 11.3. The smallest absolute Gasteiger partial charge is 0.254 e. The Morgan fingerprint density at radius 2 is 1.67 bits per heavy atom. The molecule has 0 aliphatic carbocycles. The molecule has 4 aromatic rings. The summed E-state index contributed by atoms with van der Waals surface area (Å²) in [6, 6.07) is 25.3. The number of pyridine rings is 1. The van der Waals surface area contributed by atoms with Crippen molar-refractivity contribution in [2.45, 2.75) is 0 Å². The molecule has 0 spiro atoms. The van der Waals surface area contributed by atoms with E-state index in [-0.39, 0.29) is 5.91 Å². The summed E-state index contributed by atoms with van der Waals surface area (Å²) in [4.78, 5) is 22.7. The fourth-order valence-corrected chi connectivity index (χ4v) is 4.40. The normalized spacial score (nSPS) is 13.9. The van der Waals surface area contributed by atoms with E-state index >= 15 is 0 Å². The number of halogens is 1. The minimum Gasteiger partial charge on any atom is -0.497 e. The minimum absolute atomic E-state index is 0.0357. The Kier molecular flexibility index (Phi) is 5.88. The highest BCUT2D eigenvalue weighted by atomic mass is 35.5. The van der Waals surface area contributed by atoms with Crippen molar-refractivity contribution in [2.24, 2.45) is 0 Å². The first-order valence-electron chi connectivity index (χ1n) is 11.0. The fourth-order valence-electron chi connectivity index (χ4n) is 4.27. The van der Waals surface area contributed by atoms with Crippen molar-refractivity contribution >= 4 is 34.1 Å². The lowest BCUT2D eigenvalue weighted by atomic mass is 10.0. The summed E-state index contributed by atoms with van der Waals surface area (Å²) in [5.41, 5.74) is 4.29. The van der Waals surface area contributed by atoms with Gasteiger partial charge in [0.1, 0.15) is 5.75 Å². The highest BCUT2D eigenvalue weighted by Crippen LogP contribution is 2.28. The van der Waals surface area contributed by atoms with Crippen molar-refractivity contribution in [3.8, 4) is 17.0 Å². The number of hydrogen-bond acceptors (Lipinski definition) is 4. The average Bonchev–Trinajstić information content (AvgIpc) is 2.88. The number of hydrogen-bond donors (Lipinski definition) is 0. The van der Waals surface area contributed by atoms with E-state index in [1.54, 1.807) is 7.11 Å². The number of benzene rings is 3. The second-order valence-electron chi connectivity index (χ2n) is 8.06. The second-order valence-corrected chi connectivity index (χ2v) is 8.50. The van der Waals surface area contributed by atoms with Gasteiger partial charge in [-0.3, -0.25) is 4.79 Å². The number of methoxy groups -OCH3 is 1. The summed E-state index contributed by atoms with van der Waals surface area (Å²) >= 11 is 6.02. The Bertz CT molecular complexity index is 1300. The van der Waals surface area contributed by atoms with Gasteiger partial charge in [-0.2, -0.15) is 0 Å². The first-order chi connectivity index (χ1) is 16.1. The van der Waals surface area contributed by atoms with Gasteiger partial charge < -0.3 is 14.5 Å². The Hall–Kier alpha value is -3.57. The number of para-hydroxylation sites is 1. The Morgan fingerprint density at radius 3 is 2.42 bits per heavy atom. The highest BCUT2D eigenvalue weighted by Gasteiger charge is 2.24. The molecule has 1 fully saturated rings. The van der Waals surface area contributed by atoms with Crippen LogP contribution in [0.4, 0.5) is 5.69 Å². The number of anilines is 1. The molecule has 1 saturated heterocycles. The summed E-state index contributed by atoms with van der Waals surface area (Å²) < 4.78 is 5.37. The Morgan fingerprint density at radius 1 is 0.909 bits per heavy atom. The van der Waals surface area contributed by atoms with Crippen LogP contribution in [-0.4, -0.2) is 49.1 Å². The van der Waals surface area contributed by atoms with Gasteiger partial charge in [0.15, 0.2) is 0 Å². The summed E-state index contributed by atoms with van der Waals surface area (Å²) in [6.07, 6.45) is 0. The topological polar surface area (TPSA) is 45.7 Å². The van der Waals surface area contributed by atoms with Crippen molar-refractivity contribution in [1.82, 2.24) is 9.88 Å². The van der Waals surface area contributed by atoms with E-state index in [1.165, 1.54) is 0 Å². The van der Waals surface area contributed by atoms with Crippen LogP contribution in [0.2, 0.25) is 5.02 Å². The average molecular weight is 458 g/mol. The molecule has 166 valence electrons. The Balaban J connectivity index is 1.44. The zero-order chi connectivity index (χ0) is 22.8. The molecule has 1 aromatic heterocycles. The molecule has 3 aromatic carbocycles. The van der Waals surface area contributed by atoms with E-state index in [2.05, 4.69) is 4.90 Å². The Labute approximate surface area is 198 Å². The molecule has 5 rings (SSSR count). The van der Waals surface area contributed by atoms with E-state index in [0.717, 1.165) is 51.7 Å². The van der Waals surface area contributed by atoms with Gasteiger partial charge in [0.25, 0.3) is 5.91 Å². The number of ether oxygens (including phenoxy) is 1. The number of rotatable bonds is 4. The highest BCUT2D eigenvalue weighted by molar-refractivity contribution is 6.30. The number of fused-ring (bicyclic) bond motifs is 1. The zero-order valence-electron chi connectivity index (χ0n) is 18.4. The quantitative estimate of drug-likeness (QED) is 0.404. The molecular formula is C27H24ClN3O2. The molecular weight excluding hydrogens is 434 g/mol. The van der Waals surface area contributed by atoms with E-state index in [1.807, 2.05) is 83.8 Å².